The maximum atomic E-state index is 14.4. The summed E-state index contributed by atoms with van der Waals surface area (Å²) in [5.74, 6) is -2.22. The number of carbonyl (C=O) groups excluding carboxylic acids is 2. The number of halogens is 2. The molecule has 0 aliphatic rings. The first kappa shape index (κ1) is 22.4. The highest BCUT2D eigenvalue weighted by atomic mass is 35.5. The van der Waals surface area contributed by atoms with Crippen molar-refractivity contribution < 1.29 is 31.9 Å². The van der Waals surface area contributed by atoms with Crippen LogP contribution in [0.25, 0.3) is 0 Å². The summed E-state index contributed by atoms with van der Waals surface area (Å²) in [5.41, 5.74) is -0.239. The second kappa shape index (κ2) is 9.10. The fourth-order valence-electron chi connectivity index (χ4n) is 2.33. The van der Waals surface area contributed by atoms with Crippen molar-refractivity contribution in [2.75, 3.05) is 23.8 Å². The Morgan fingerprint density at radius 3 is 2.45 bits per heavy atom. The van der Waals surface area contributed by atoms with Crippen LogP contribution in [-0.2, 0) is 19.6 Å². The molecule has 0 saturated heterocycles. The Labute approximate surface area is 172 Å². The van der Waals surface area contributed by atoms with E-state index in [1.54, 1.807) is 6.92 Å². The molecule has 0 fully saturated rings. The quantitative estimate of drug-likeness (QED) is 0.633. The van der Waals surface area contributed by atoms with Gasteiger partial charge in [-0.05, 0) is 31.2 Å². The van der Waals surface area contributed by atoms with Crippen LogP contribution in [0.1, 0.15) is 24.2 Å². The number of esters is 1. The van der Waals surface area contributed by atoms with Crippen molar-refractivity contribution in [1.29, 1.82) is 0 Å². The lowest BCUT2D eigenvalue weighted by atomic mass is 10.2. The van der Waals surface area contributed by atoms with Crippen LogP contribution in [0.2, 0.25) is 5.02 Å². The molecule has 0 atom stereocenters. The molecule has 11 heteroatoms. The summed E-state index contributed by atoms with van der Waals surface area (Å²) < 4.78 is 52.0. The molecule has 1 amide bonds. The van der Waals surface area contributed by atoms with E-state index < -0.39 is 32.6 Å². The van der Waals surface area contributed by atoms with Crippen LogP contribution in [0.3, 0.4) is 0 Å². The van der Waals surface area contributed by atoms with Gasteiger partial charge in [0.15, 0.2) is 0 Å². The van der Waals surface area contributed by atoms with E-state index in [4.69, 9.17) is 21.1 Å². The monoisotopic (exact) mass is 444 g/mol. The second-order valence-corrected chi connectivity index (χ2v) is 7.74. The lowest BCUT2D eigenvalue weighted by molar-refractivity contribution is -0.114. The first-order valence-electron chi connectivity index (χ1n) is 8.23. The molecule has 2 rings (SSSR count). The number of rotatable bonds is 7. The lowest BCUT2D eigenvalue weighted by Crippen LogP contribution is -2.18. The van der Waals surface area contributed by atoms with E-state index in [2.05, 4.69) is 10.0 Å². The van der Waals surface area contributed by atoms with Crippen molar-refractivity contribution in [1.82, 2.24) is 0 Å². The zero-order valence-corrected chi connectivity index (χ0v) is 17.3. The van der Waals surface area contributed by atoms with Gasteiger partial charge in [-0.25, -0.2) is 17.6 Å². The number of methoxy groups -OCH3 is 1. The molecule has 8 nitrogen and oxygen atoms in total. The Hall–Kier alpha value is -2.85. The predicted octanol–water partition coefficient (Wildman–Crippen LogP) is 3.42. The lowest BCUT2D eigenvalue weighted by Gasteiger charge is -2.15. The minimum atomic E-state index is -4.51. The molecule has 0 aliphatic carbocycles. The number of hydrogen-bond acceptors (Lipinski definition) is 6. The van der Waals surface area contributed by atoms with Gasteiger partial charge in [0.1, 0.15) is 16.5 Å². The molecular weight excluding hydrogens is 427 g/mol. The van der Waals surface area contributed by atoms with Crippen LogP contribution in [-0.4, -0.2) is 34.0 Å². The average molecular weight is 445 g/mol. The summed E-state index contributed by atoms with van der Waals surface area (Å²) in [7, 11) is -3.14. The molecule has 0 aromatic heterocycles. The van der Waals surface area contributed by atoms with Crippen LogP contribution in [0.4, 0.5) is 15.8 Å². The van der Waals surface area contributed by atoms with Gasteiger partial charge < -0.3 is 14.8 Å². The molecule has 2 aromatic rings. The van der Waals surface area contributed by atoms with E-state index in [0.717, 1.165) is 6.07 Å². The van der Waals surface area contributed by atoms with E-state index >= 15 is 0 Å². The summed E-state index contributed by atoms with van der Waals surface area (Å²) in [6.45, 7) is 2.82. The number of amides is 1. The van der Waals surface area contributed by atoms with E-state index in [9.17, 15) is 22.4 Å². The van der Waals surface area contributed by atoms with Gasteiger partial charge in [0.2, 0.25) is 5.91 Å². The highest BCUT2D eigenvalue weighted by Gasteiger charge is 2.25. The highest BCUT2D eigenvalue weighted by molar-refractivity contribution is 7.92. The van der Waals surface area contributed by atoms with Gasteiger partial charge >= 0.3 is 5.97 Å². The fourth-order valence-corrected chi connectivity index (χ4v) is 3.72. The number of ether oxygens (including phenoxy) is 2. The Morgan fingerprint density at radius 2 is 1.86 bits per heavy atom. The van der Waals surface area contributed by atoms with Crippen molar-refractivity contribution in [3.8, 4) is 5.75 Å². The summed E-state index contributed by atoms with van der Waals surface area (Å²) in [6.07, 6.45) is 0. The number of carbonyl (C=O) groups is 2. The van der Waals surface area contributed by atoms with Gasteiger partial charge in [0.05, 0.1) is 35.7 Å². The molecule has 2 N–H and O–H groups in total. The van der Waals surface area contributed by atoms with Gasteiger partial charge in [-0.15, -0.1) is 0 Å². The molecule has 0 aliphatic heterocycles. The first-order valence-corrected chi connectivity index (χ1v) is 10.1. The third-order valence-corrected chi connectivity index (χ3v) is 5.28. The van der Waals surface area contributed by atoms with E-state index in [-0.39, 0.29) is 28.6 Å². The van der Waals surface area contributed by atoms with Crippen LogP contribution < -0.4 is 14.8 Å². The minimum absolute atomic E-state index is 0.0246. The number of sulfonamides is 1. The predicted molar refractivity (Wildman–Crippen MR) is 105 cm³/mol. The first-order chi connectivity index (χ1) is 13.6. The van der Waals surface area contributed by atoms with Crippen molar-refractivity contribution in [2.45, 2.75) is 18.7 Å². The summed E-state index contributed by atoms with van der Waals surface area (Å²) in [4.78, 5) is 22.5. The standard InChI is InChI=1S/C18H18ClFN2O6S/c1-4-28-18(24)12-8-17(14(20)9-13(12)19)29(25,26)22-16-7-11(27-3)5-6-15(16)21-10(2)23/h5-9,22H,4H2,1-3H3,(H,21,23). The fraction of sp³-hybridized carbons (Fsp3) is 0.222. The zero-order chi connectivity index (χ0) is 21.8. The molecule has 29 heavy (non-hydrogen) atoms. The number of anilines is 2. The number of benzene rings is 2. The average Bonchev–Trinajstić information content (AvgIpc) is 2.62. The van der Waals surface area contributed by atoms with E-state index in [0.29, 0.717) is 11.8 Å². The van der Waals surface area contributed by atoms with Crippen molar-refractivity contribution >= 4 is 44.9 Å². The van der Waals surface area contributed by atoms with Crippen LogP contribution >= 0.6 is 11.6 Å². The molecule has 2 aromatic carbocycles. The maximum absolute atomic E-state index is 14.4. The van der Waals surface area contributed by atoms with Crippen LogP contribution in [0.5, 0.6) is 5.75 Å². The smallest absolute Gasteiger partial charge is 0.339 e. The van der Waals surface area contributed by atoms with Crippen LogP contribution in [0, 0.1) is 5.82 Å². The third-order valence-electron chi connectivity index (χ3n) is 3.59. The van der Waals surface area contributed by atoms with Gasteiger partial charge in [-0.1, -0.05) is 11.6 Å². The Kier molecular flexibility index (Phi) is 7.04. The van der Waals surface area contributed by atoms with E-state index in [1.165, 1.54) is 32.2 Å². The molecule has 0 spiro atoms. The second-order valence-electron chi connectivity index (χ2n) is 5.68. The number of nitrogens with one attached hydrogen (secondary N) is 2. The molecule has 0 heterocycles. The Morgan fingerprint density at radius 1 is 1.17 bits per heavy atom. The topological polar surface area (TPSA) is 111 Å². The highest BCUT2D eigenvalue weighted by Crippen LogP contribution is 2.31. The molecule has 0 saturated carbocycles. The van der Waals surface area contributed by atoms with Gasteiger partial charge in [-0.2, -0.15) is 0 Å². The van der Waals surface area contributed by atoms with Crippen molar-refractivity contribution in [3.63, 3.8) is 0 Å². The van der Waals surface area contributed by atoms with Crippen molar-refractivity contribution in [2.24, 2.45) is 0 Å². The van der Waals surface area contributed by atoms with Crippen LogP contribution in [0.15, 0.2) is 35.2 Å². The molecular formula is C18H18ClFN2O6S. The maximum Gasteiger partial charge on any atom is 0.339 e. The zero-order valence-electron chi connectivity index (χ0n) is 15.7. The van der Waals surface area contributed by atoms with Gasteiger partial charge in [-0.3, -0.25) is 9.52 Å². The largest absolute Gasteiger partial charge is 0.497 e. The van der Waals surface area contributed by atoms with Gasteiger partial charge in [0.25, 0.3) is 10.0 Å². The summed E-state index contributed by atoms with van der Waals surface area (Å²) in [6, 6.07) is 5.73. The number of hydrogen-bond donors (Lipinski definition) is 2. The SMILES string of the molecule is CCOC(=O)c1cc(S(=O)(=O)Nc2cc(OC)ccc2NC(C)=O)c(F)cc1Cl. The molecule has 156 valence electrons. The summed E-state index contributed by atoms with van der Waals surface area (Å²) in [5, 5.41) is 2.17. The Bertz CT molecular complexity index is 1060. The molecule has 0 bridgehead atoms. The van der Waals surface area contributed by atoms with Gasteiger partial charge in [0, 0.05) is 13.0 Å². The third kappa shape index (κ3) is 5.36. The Balaban J connectivity index is 2.53. The van der Waals surface area contributed by atoms with Crippen molar-refractivity contribution in [3.05, 3.63) is 46.7 Å². The minimum Gasteiger partial charge on any atom is -0.497 e. The normalized spacial score (nSPS) is 10.9. The molecule has 0 unspecified atom stereocenters. The summed E-state index contributed by atoms with van der Waals surface area (Å²) >= 11 is 5.84. The molecule has 0 radical (unpaired) electrons. The van der Waals surface area contributed by atoms with E-state index in [1.807, 2.05) is 0 Å².